The first kappa shape index (κ1) is 17.3. The zero-order valence-electron chi connectivity index (χ0n) is 13.3. The van der Waals surface area contributed by atoms with Crippen molar-refractivity contribution in [3.05, 3.63) is 68.6 Å². The van der Waals surface area contributed by atoms with Gasteiger partial charge in [0.05, 0.1) is 11.6 Å². The van der Waals surface area contributed by atoms with Gasteiger partial charge in [0.1, 0.15) is 5.56 Å². The third kappa shape index (κ3) is 4.02. The molecule has 0 spiro atoms. The largest absolute Gasteiger partial charge is 0.462 e. The Bertz CT molecular complexity index is 738. The van der Waals surface area contributed by atoms with E-state index in [1.807, 2.05) is 37.3 Å². The van der Waals surface area contributed by atoms with Gasteiger partial charge in [-0.25, -0.2) is 4.79 Å². The van der Waals surface area contributed by atoms with E-state index in [0.29, 0.717) is 19.4 Å². The lowest BCUT2D eigenvalue weighted by molar-refractivity contribution is 0.0523. The summed E-state index contributed by atoms with van der Waals surface area (Å²) in [4.78, 5) is 24.7. The third-order valence-electron chi connectivity index (χ3n) is 3.65. The summed E-state index contributed by atoms with van der Waals surface area (Å²) in [6.45, 7) is 4.35. The smallest absolute Gasteiger partial charge is 0.345 e. The molecule has 0 radical (unpaired) electrons. The Morgan fingerprint density at radius 3 is 2.52 bits per heavy atom. The van der Waals surface area contributed by atoms with Crippen LogP contribution in [0.3, 0.4) is 0 Å². The molecule has 5 heteroatoms. The highest BCUT2D eigenvalue weighted by molar-refractivity contribution is 6.33. The molecule has 0 aliphatic carbocycles. The van der Waals surface area contributed by atoms with Crippen LogP contribution < -0.4 is 5.56 Å². The first-order chi connectivity index (χ1) is 11.1. The van der Waals surface area contributed by atoms with Crippen molar-refractivity contribution in [3.8, 4) is 0 Å². The predicted octanol–water partition coefficient (Wildman–Crippen LogP) is 3.48. The quantitative estimate of drug-likeness (QED) is 0.760. The fourth-order valence-electron chi connectivity index (χ4n) is 2.48. The molecule has 0 amide bonds. The number of ether oxygens (including phenoxy) is 1. The molecule has 0 atom stereocenters. The third-order valence-corrected chi connectivity index (χ3v) is 3.94. The Kier molecular flexibility index (Phi) is 5.99. The summed E-state index contributed by atoms with van der Waals surface area (Å²) < 4.78 is 6.56. The molecule has 122 valence electrons. The number of esters is 1. The zero-order chi connectivity index (χ0) is 16.8. The van der Waals surface area contributed by atoms with E-state index in [9.17, 15) is 9.59 Å². The second-order valence-corrected chi connectivity index (χ2v) is 5.53. The van der Waals surface area contributed by atoms with E-state index in [2.05, 4.69) is 0 Å². The average molecular weight is 334 g/mol. The van der Waals surface area contributed by atoms with Gasteiger partial charge in [-0.3, -0.25) is 4.79 Å². The molecule has 0 bridgehead atoms. The molecular weight excluding hydrogens is 314 g/mol. The number of hydrogen-bond donors (Lipinski definition) is 0. The molecule has 1 aromatic carbocycles. The van der Waals surface area contributed by atoms with Crippen LogP contribution in [0.2, 0.25) is 5.02 Å². The minimum absolute atomic E-state index is 0.0845. The molecule has 0 unspecified atom stereocenters. The van der Waals surface area contributed by atoms with Crippen LogP contribution in [-0.2, 0) is 24.1 Å². The molecule has 0 saturated heterocycles. The SMILES string of the molecule is CCOC(=O)c1c(Cl)cc(CC)n(CCc2ccccc2)c1=O. The number of pyridine rings is 1. The van der Waals surface area contributed by atoms with E-state index >= 15 is 0 Å². The van der Waals surface area contributed by atoms with Crippen LogP contribution in [0.4, 0.5) is 0 Å². The van der Waals surface area contributed by atoms with Crippen molar-refractivity contribution in [2.75, 3.05) is 6.61 Å². The van der Waals surface area contributed by atoms with Crippen LogP contribution in [0.25, 0.3) is 0 Å². The van der Waals surface area contributed by atoms with E-state index in [-0.39, 0.29) is 22.8 Å². The standard InChI is InChI=1S/C18H20ClNO3/c1-3-14-12-15(19)16(18(22)23-4-2)17(21)20(14)11-10-13-8-6-5-7-9-13/h5-9,12H,3-4,10-11H2,1-2H3. The van der Waals surface area contributed by atoms with Crippen molar-refractivity contribution in [2.24, 2.45) is 0 Å². The van der Waals surface area contributed by atoms with Crippen LogP contribution in [0.15, 0.2) is 41.2 Å². The number of aryl methyl sites for hydroxylation is 2. The lowest BCUT2D eigenvalue weighted by Crippen LogP contribution is -2.30. The fourth-order valence-corrected chi connectivity index (χ4v) is 2.76. The van der Waals surface area contributed by atoms with Crippen molar-refractivity contribution < 1.29 is 9.53 Å². The average Bonchev–Trinajstić information content (AvgIpc) is 2.54. The van der Waals surface area contributed by atoms with Gasteiger partial charge >= 0.3 is 5.97 Å². The molecular formula is C18H20ClNO3. The molecule has 0 N–H and O–H groups in total. The summed E-state index contributed by atoms with van der Waals surface area (Å²) in [7, 11) is 0. The summed E-state index contributed by atoms with van der Waals surface area (Å²) in [5.74, 6) is -0.668. The van der Waals surface area contributed by atoms with Crippen molar-refractivity contribution in [1.29, 1.82) is 0 Å². The first-order valence-corrected chi connectivity index (χ1v) is 8.09. The molecule has 4 nitrogen and oxygen atoms in total. The van der Waals surface area contributed by atoms with Gasteiger partial charge < -0.3 is 9.30 Å². The van der Waals surface area contributed by atoms with Crippen LogP contribution in [0, 0.1) is 0 Å². The van der Waals surface area contributed by atoms with Gasteiger partial charge in [0, 0.05) is 12.2 Å². The van der Waals surface area contributed by atoms with E-state index in [0.717, 1.165) is 11.3 Å². The van der Waals surface area contributed by atoms with Crippen LogP contribution in [0.1, 0.15) is 35.5 Å². The molecule has 2 aromatic rings. The van der Waals surface area contributed by atoms with Gasteiger partial charge in [-0.1, -0.05) is 48.9 Å². The Balaban J connectivity index is 2.38. The van der Waals surface area contributed by atoms with E-state index < -0.39 is 5.97 Å². The van der Waals surface area contributed by atoms with E-state index in [4.69, 9.17) is 16.3 Å². The topological polar surface area (TPSA) is 48.3 Å². The molecule has 2 rings (SSSR count). The maximum Gasteiger partial charge on any atom is 0.345 e. The highest BCUT2D eigenvalue weighted by Crippen LogP contribution is 2.16. The van der Waals surface area contributed by atoms with E-state index in [1.165, 1.54) is 0 Å². The fraction of sp³-hybridized carbons (Fsp3) is 0.333. The van der Waals surface area contributed by atoms with E-state index in [1.54, 1.807) is 17.6 Å². The van der Waals surface area contributed by atoms with Gasteiger partial charge in [-0.2, -0.15) is 0 Å². The molecule has 0 saturated carbocycles. The normalized spacial score (nSPS) is 10.6. The van der Waals surface area contributed by atoms with Gasteiger partial charge in [-0.15, -0.1) is 0 Å². The van der Waals surface area contributed by atoms with Gasteiger partial charge in [-0.05, 0) is 31.4 Å². The summed E-state index contributed by atoms with van der Waals surface area (Å²) >= 11 is 6.12. The summed E-state index contributed by atoms with van der Waals surface area (Å²) in [5, 5.41) is 0.154. The van der Waals surface area contributed by atoms with Crippen LogP contribution in [0.5, 0.6) is 0 Å². The number of rotatable bonds is 6. The summed E-state index contributed by atoms with van der Waals surface area (Å²) in [5.41, 5.74) is 1.47. The zero-order valence-corrected chi connectivity index (χ0v) is 14.1. The second-order valence-electron chi connectivity index (χ2n) is 5.13. The van der Waals surface area contributed by atoms with Gasteiger partial charge in [0.15, 0.2) is 0 Å². The van der Waals surface area contributed by atoms with Crippen LogP contribution >= 0.6 is 11.6 Å². The van der Waals surface area contributed by atoms with Crippen molar-refractivity contribution in [1.82, 2.24) is 4.57 Å². The maximum atomic E-state index is 12.7. The van der Waals surface area contributed by atoms with Crippen molar-refractivity contribution >= 4 is 17.6 Å². The molecule has 23 heavy (non-hydrogen) atoms. The van der Waals surface area contributed by atoms with Gasteiger partial charge in [0.25, 0.3) is 5.56 Å². The maximum absolute atomic E-state index is 12.7. The lowest BCUT2D eigenvalue weighted by atomic mass is 10.1. The lowest BCUT2D eigenvalue weighted by Gasteiger charge is -2.14. The molecule has 1 heterocycles. The van der Waals surface area contributed by atoms with Crippen molar-refractivity contribution in [3.63, 3.8) is 0 Å². The number of carbonyl (C=O) groups is 1. The number of halogens is 1. The Morgan fingerprint density at radius 1 is 1.22 bits per heavy atom. The Morgan fingerprint density at radius 2 is 1.91 bits per heavy atom. The van der Waals surface area contributed by atoms with Crippen molar-refractivity contribution in [2.45, 2.75) is 33.2 Å². The second kappa shape index (κ2) is 7.97. The highest BCUT2D eigenvalue weighted by atomic mass is 35.5. The number of nitrogens with zero attached hydrogens (tertiary/aromatic N) is 1. The van der Waals surface area contributed by atoms with Gasteiger partial charge in [0.2, 0.25) is 0 Å². The minimum atomic E-state index is -0.668. The number of carbonyl (C=O) groups excluding carboxylic acids is 1. The molecule has 0 aliphatic rings. The summed E-state index contributed by atoms with van der Waals surface area (Å²) in [6, 6.07) is 11.6. The number of aromatic nitrogens is 1. The molecule has 1 aromatic heterocycles. The summed E-state index contributed by atoms with van der Waals surface area (Å²) in [6.07, 6.45) is 1.37. The van der Waals surface area contributed by atoms with Crippen LogP contribution in [-0.4, -0.2) is 17.1 Å². The number of benzene rings is 1. The number of hydrogen-bond acceptors (Lipinski definition) is 3. The molecule has 0 aliphatic heterocycles. The minimum Gasteiger partial charge on any atom is -0.462 e. The highest BCUT2D eigenvalue weighted by Gasteiger charge is 2.20. The predicted molar refractivity (Wildman–Crippen MR) is 91.2 cm³/mol. The Labute approximate surface area is 140 Å². The Hall–Kier alpha value is -2.07. The monoisotopic (exact) mass is 333 g/mol. The first-order valence-electron chi connectivity index (χ1n) is 7.71. The molecule has 0 fully saturated rings.